The summed E-state index contributed by atoms with van der Waals surface area (Å²) in [4.78, 5) is 36.5. The highest BCUT2D eigenvalue weighted by Gasteiger charge is 2.29. The first-order chi connectivity index (χ1) is 14.8. The van der Waals surface area contributed by atoms with E-state index in [1.807, 2.05) is 58.0 Å². The number of thiophene rings is 1. The quantitative estimate of drug-likeness (QED) is 0.526. The molecule has 0 aliphatic heterocycles. The van der Waals surface area contributed by atoms with Gasteiger partial charge in [-0.2, -0.15) is 0 Å². The molecule has 0 radical (unpaired) electrons. The number of carbonyl (C=O) groups is 2. The summed E-state index contributed by atoms with van der Waals surface area (Å²) in [5.41, 5.74) is 2.66. The van der Waals surface area contributed by atoms with Crippen LogP contribution in [0.3, 0.4) is 0 Å². The number of nitrogens with zero attached hydrogens (tertiary/aromatic N) is 2. The third kappa shape index (κ3) is 4.77. The first-order valence-corrected chi connectivity index (χ1v) is 11.5. The average molecular weight is 438 g/mol. The van der Waals surface area contributed by atoms with Gasteiger partial charge in [0.25, 0.3) is 5.91 Å². The molecule has 1 aromatic carbocycles. The minimum absolute atomic E-state index is 0.0720. The summed E-state index contributed by atoms with van der Waals surface area (Å²) in [5, 5.41) is 4.00. The molecule has 1 saturated carbocycles. The Kier molecular flexibility index (Phi) is 6.05. The second-order valence-electron chi connectivity index (χ2n) is 8.36. The van der Waals surface area contributed by atoms with Crippen molar-refractivity contribution >= 4 is 33.4 Å². The van der Waals surface area contributed by atoms with Crippen molar-refractivity contribution in [1.29, 1.82) is 0 Å². The van der Waals surface area contributed by atoms with Crippen molar-refractivity contribution in [3.63, 3.8) is 0 Å². The molecule has 0 saturated heterocycles. The van der Waals surface area contributed by atoms with E-state index < -0.39 is 6.04 Å². The lowest BCUT2D eigenvalue weighted by molar-refractivity contribution is -0.147. The fraction of sp³-hybridized carbons (Fsp3) is 0.417. The van der Waals surface area contributed by atoms with Gasteiger partial charge in [0.15, 0.2) is 0 Å². The topological polar surface area (TPSA) is 81.2 Å². The Bertz CT molecular complexity index is 1120. The summed E-state index contributed by atoms with van der Waals surface area (Å²) in [6.07, 6.45) is 2.14. The fourth-order valence-electron chi connectivity index (χ4n) is 3.74. The number of ether oxygens (including phenoxy) is 1. The maximum Gasteiger partial charge on any atom is 0.308 e. The van der Waals surface area contributed by atoms with Gasteiger partial charge in [0, 0.05) is 11.3 Å². The van der Waals surface area contributed by atoms with E-state index in [1.165, 1.54) is 11.3 Å². The number of hydrogen-bond acceptors (Lipinski definition) is 6. The van der Waals surface area contributed by atoms with Crippen molar-refractivity contribution in [1.82, 2.24) is 15.3 Å². The van der Waals surface area contributed by atoms with Crippen molar-refractivity contribution in [2.45, 2.75) is 65.0 Å². The monoisotopic (exact) mass is 437 g/mol. The molecule has 4 rings (SSSR count). The smallest absolute Gasteiger partial charge is 0.308 e. The molecule has 0 spiro atoms. The molecule has 7 heteroatoms. The minimum Gasteiger partial charge on any atom is -0.463 e. The molecule has 31 heavy (non-hydrogen) atoms. The van der Waals surface area contributed by atoms with Crippen molar-refractivity contribution in [3.8, 4) is 0 Å². The van der Waals surface area contributed by atoms with Crippen LogP contribution in [-0.4, -0.2) is 27.9 Å². The molecule has 6 nitrogen and oxygen atoms in total. The number of nitrogens with one attached hydrogen (secondary N) is 1. The molecular weight excluding hydrogens is 410 g/mol. The summed E-state index contributed by atoms with van der Waals surface area (Å²) >= 11 is 1.39. The number of carbonyl (C=O) groups excluding carboxylic acids is 2. The average Bonchev–Trinajstić information content (AvgIpc) is 3.51. The van der Waals surface area contributed by atoms with Gasteiger partial charge >= 0.3 is 5.97 Å². The summed E-state index contributed by atoms with van der Waals surface area (Å²) in [6, 6.07) is 9.03. The molecule has 1 N–H and O–H groups in total. The third-order valence-electron chi connectivity index (χ3n) is 5.38. The number of benzene rings is 1. The van der Waals surface area contributed by atoms with E-state index in [0.717, 1.165) is 45.7 Å². The zero-order chi connectivity index (χ0) is 22.1. The van der Waals surface area contributed by atoms with E-state index in [-0.39, 0.29) is 24.4 Å². The van der Waals surface area contributed by atoms with Crippen LogP contribution in [0.5, 0.6) is 0 Å². The number of esters is 1. The van der Waals surface area contributed by atoms with Crippen molar-refractivity contribution in [2.24, 2.45) is 0 Å². The van der Waals surface area contributed by atoms with Gasteiger partial charge in [-0.25, -0.2) is 9.97 Å². The van der Waals surface area contributed by atoms with E-state index >= 15 is 0 Å². The van der Waals surface area contributed by atoms with E-state index in [0.29, 0.717) is 10.8 Å². The molecule has 1 unspecified atom stereocenters. The van der Waals surface area contributed by atoms with Crippen LogP contribution in [-0.2, 0) is 9.53 Å². The van der Waals surface area contributed by atoms with Crippen LogP contribution in [0, 0.1) is 13.8 Å². The molecule has 1 aliphatic carbocycles. The number of rotatable bonds is 7. The lowest BCUT2D eigenvalue weighted by atomic mass is 10.0. The second kappa shape index (κ2) is 8.75. The van der Waals surface area contributed by atoms with Gasteiger partial charge in [-0.3, -0.25) is 9.59 Å². The predicted octanol–water partition coefficient (Wildman–Crippen LogP) is 5.00. The standard InChI is InChI=1S/C24H27N3O3S/c1-13(2)30-19(28)12-18(16-8-6-5-7-9-16)26-23(29)21-14(3)20-15(4)25-22(17-10-11-17)27-24(20)31-21/h5-9,13,17-18H,10-12H2,1-4H3,(H,26,29). The first kappa shape index (κ1) is 21.4. The maximum atomic E-state index is 13.3. The minimum atomic E-state index is -0.473. The number of aryl methyl sites for hydroxylation is 2. The Morgan fingerprint density at radius 1 is 1.16 bits per heavy atom. The Morgan fingerprint density at radius 2 is 1.87 bits per heavy atom. The number of hydrogen-bond donors (Lipinski definition) is 1. The van der Waals surface area contributed by atoms with Crippen molar-refractivity contribution < 1.29 is 14.3 Å². The lowest BCUT2D eigenvalue weighted by Crippen LogP contribution is -2.31. The molecular formula is C24H27N3O3S. The fourth-order valence-corrected chi connectivity index (χ4v) is 4.88. The molecule has 0 bridgehead atoms. The Balaban J connectivity index is 1.62. The van der Waals surface area contributed by atoms with Crippen LogP contribution < -0.4 is 5.32 Å². The van der Waals surface area contributed by atoms with Crippen molar-refractivity contribution in [2.75, 3.05) is 0 Å². The summed E-state index contributed by atoms with van der Waals surface area (Å²) < 4.78 is 5.31. The van der Waals surface area contributed by atoms with E-state index in [4.69, 9.17) is 9.72 Å². The second-order valence-corrected chi connectivity index (χ2v) is 9.36. The van der Waals surface area contributed by atoms with Gasteiger partial charge in [0.1, 0.15) is 10.7 Å². The third-order valence-corrected chi connectivity index (χ3v) is 6.57. The molecule has 2 heterocycles. The highest BCUT2D eigenvalue weighted by molar-refractivity contribution is 7.20. The van der Waals surface area contributed by atoms with Gasteiger partial charge < -0.3 is 10.1 Å². The lowest BCUT2D eigenvalue weighted by Gasteiger charge is -2.19. The summed E-state index contributed by atoms with van der Waals surface area (Å²) in [6.45, 7) is 7.54. The van der Waals surface area contributed by atoms with Crippen LogP contribution in [0.1, 0.15) is 77.4 Å². The largest absolute Gasteiger partial charge is 0.463 e. The van der Waals surface area contributed by atoms with Crippen LogP contribution in [0.4, 0.5) is 0 Å². The van der Waals surface area contributed by atoms with E-state index in [9.17, 15) is 9.59 Å². The number of aromatic nitrogens is 2. The molecule has 1 fully saturated rings. The molecule has 1 amide bonds. The maximum absolute atomic E-state index is 13.3. The number of fused-ring (bicyclic) bond motifs is 1. The Hall–Kier alpha value is -2.80. The number of amides is 1. The van der Waals surface area contributed by atoms with Crippen LogP contribution in [0.15, 0.2) is 30.3 Å². The SMILES string of the molecule is Cc1nc(C2CC2)nc2sc(C(=O)NC(CC(=O)OC(C)C)c3ccccc3)c(C)c12. The van der Waals surface area contributed by atoms with E-state index in [1.54, 1.807) is 0 Å². The van der Waals surface area contributed by atoms with Gasteiger partial charge in [-0.1, -0.05) is 30.3 Å². The van der Waals surface area contributed by atoms with Crippen LogP contribution in [0.25, 0.3) is 10.2 Å². The molecule has 1 atom stereocenters. The summed E-state index contributed by atoms with van der Waals surface area (Å²) in [7, 11) is 0. The zero-order valence-corrected chi connectivity index (χ0v) is 19.1. The normalized spacial score (nSPS) is 14.6. The van der Waals surface area contributed by atoms with E-state index in [2.05, 4.69) is 10.3 Å². The van der Waals surface area contributed by atoms with Gasteiger partial charge in [0.2, 0.25) is 0 Å². The van der Waals surface area contributed by atoms with Gasteiger partial charge in [0.05, 0.1) is 29.1 Å². The Labute approximate surface area is 186 Å². The highest BCUT2D eigenvalue weighted by atomic mass is 32.1. The molecule has 3 aromatic rings. The predicted molar refractivity (Wildman–Crippen MR) is 121 cm³/mol. The highest BCUT2D eigenvalue weighted by Crippen LogP contribution is 2.40. The molecule has 2 aromatic heterocycles. The zero-order valence-electron chi connectivity index (χ0n) is 18.3. The Morgan fingerprint density at radius 3 is 2.52 bits per heavy atom. The molecule has 162 valence electrons. The van der Waals surface area contributed by atoms with Gasteiger partial charge in [-0.05, 0) is 51.7 Å². The van der Waals surface area contributed by atoms with Crippen LogP contribution >= 0.6 is 11.3 Å². The first-order valence-electron chi connectivity index (χ1n) is 10.7. The summed E-state index contributed by atoms with van der Waals surface area (Å²) in [5.74, 6) is 0.793. The van der Waals surface area contributed by atoms with Gasteiger partial charge in [-0.15, -0.1) is 11.3 Å². The van der Waals surface area contributed by atoms with Crippen molar-refractivity contribution in [3.05, 3.63) is 57.9 Å². The van der Waals surface area contributed by atoms with Crippen LogP contribution in [0.2, 0.25) is 0 Å². The molecule has 1 aliphatic rings.